The SMILES string of the molecule is CC(=O)N1NCC(O)C1CO. The highest BCUT2D eigenvalue weighted by Gasteiger charge is 2.33. The number of carbonyl (C=O) groups is 1. The third-order valence-corrected chi connectivity index (χ3v) is 1.77. The highest BCUT2D eigenvalue weighted by molar-refractivity contribution is 5.73. The zero-order valence-electron chi connectivity index (χ0n) is 6.32. The summed E-state index contributed by atoms with van der Waals surface area (Å²) in [6.07, 6.45) is -0.663. The van der Waals surface area contributed by atoms with Crippen molar-refractivity contribution in [1.82, 2.24) is 10.4 Å². The Morgan fingerprint density at radius 1 is 1.82 bits per heavy atom. The van der Waals surface area contributed by atoms with Crippen molar-refractivity contribution in [2.75, 3.05) is 13.2 Å². The van der Waals surface area contributed by atoms with Gasteiger partial charge in [-0.2, -0.15) is 0 Å². The van der Waals surface area contributed by atoms with E-state index in [1.54, 1.807) is 0 Å². The van der Waals surface area contributed by atoms with E-state index in [9.17, 15) is 9.90 Å². The van der Waals surface area contributed by atoms with Crippen molar-refractivity contribution in [2.45, 2.75) is 19.1 Å². The molecular weight excluding hydrogens is 148 g/mol. The summed E-state index contributed by atoms with van der Waals surface area (Å²) in [5.41, 5.74) is 2.68. The summed E-state index contributed by atoms with van der Waals surface area (Å²) >= 11 is 0. The van der Waals surface area contributed by atoms with Gasteiger partial charge in [0.05, 0.1) is 18.8 Å². The zero-order chi connectivity index (χ0) is 8.43. The molecule has 0 bridgehead atoms. The van der Waals surface area contributed by atoms with Crippen molar-refractivity contribution >= 4 is 5.91 Å². The van der Waals surface area contributed by atoms with Crippen LogP contribution in [0.1, 0.15) is 6.92 Å². The van der Waals surface area contributed by atoms with E-state index >= 15 is 0 Å². The van der Waals surface area contributed by atoms with Gasteiger partial charge in [-0.15, -0.1) is 0 Å². The van der Waals surface area contributed by atoms with Gasteiger partial charge >= 0.3 is 0 Å². The summed E-state index contributed by atoms with van der Waals surface area (Å²) in [4.78, 5) is 10.8. The largest absolute Gasteiger partial charge is 0.394 e. The van der Waals surface area contributed by atoms with Crippen molar-refractivity contribution in [2.24, 2.45) is 0 Å². The highest BCUT2D eigenvalue weighted by Crippen LogP contribution is 2.08. The van der Waals surface area contributed by atoms with Crippen LogP contribution in [0.4, 0.5) is 0 Å². The fourth-order valence-electron chi connectivity index (χ4n) is 1.17. The van der Waals surface area contributed by atoms with E-state index < -0.39 is 12.1 Å². The number of nitrogens with zero attached hydrogens (tertiary/aromatic N) is 1. The Hall–Kier alpha value is -0.650. The standard InChI is InChI=1S/C6H12N2O3/c1-4(10)8-5(3-9)6(11)2-7-8/h5-7,9,11H,2-3H2,1H3. The average Bonchev–Trinajstić information content (AvgIpc) is 2.30. The Morgan fingerprint density at radius 2 is 2.45 bits per heavy atom. The van der Waals surface area contributed by atoms with E-state index in [2.05, 4.69) is 5.43 Å². The number of nitrogens with one attached hydrogen (secondary N) is 1. The fourth-order valence-corrected chi connectivity index (χ4v) is 1.17. The third-order valence-electron chi connectivity index (χ3n) is 1.77. The lowest BCUT2D eigenvalue weighted by molar-refractivity contribution is -0.134. The number of aliphatic hydroxyl groups excluding tert-OH is 2. The van der Waals surface area contributed by atoms with E-state index in [0.29, 0.717) is 6.54 Å². The molecule has 1 amide bonds. The number of hydrogen-bond acceptors (Lipinski definition) is 4. The molecule has 0 spiro atoms. The van der Waals surface area contributed by atoms with Crippen LogP contribution in [-0.2, 0) is 4.79 Å². The smallest absolute Gasteiger partial charge is 0.233 e. The molecule has 11 heavy (non-hydrogen) atoms. The number of hydrogen-bond donors (Lipinski definition) is 3. The Labute approximate surface area is 64.6 Å². The first-order valence-electron chi connectivity index (χ1n) is 3.49. The first-order valence-corrected chi connectivity index (χ1v) is 3.49. The van der Waals surface area contributed by atoms with Crippen molar-refractivity contribution in [1.29, 1.82) is 0 Å². The van der Waals surface area contributed by atoms with Gasteiger partial charge in [0.15, 0.2) is 0 Å². The maximum Gasteiger partial charge on any atom is 0.233 e. The van der Waals surface area contributed by atoms with Crippen LogP contribution in [0.2, 0.25) is 0 Å². The molecule has 1 aliphatic heterocycles. The molecular formula is C6H12N2O3. The Morgan fingerprint density at radius 3 is 2.82 bits per heavy atom. The predicted octanol–water partition coefficient (Wildman–Crippen LogP) is -1.93. The van der Waals surface area contributed by atoms with Crippen molar-refractivity contribution < 1.29 is 15.0 Å². The third kappa shape index (κ3) is 1.50. The molecule has 64 valence electrons. The molecule has 1 fully saturated rings. The second kappa shape index (κ2) is 3.17. The molecule has 5 heteroatoms. The lowest BCUT2D eigenvalue weighted by Crippen LogP contribution is -2.44. The van der Waals surface area contributed by atoms with Crippen LogP contribution in [-0.4, -0.2) is 46.4 Å². The number of hydrazine groups is 1. The van der Waals surface area contributed by atoms with Gasteiger partial charge in [-0.1, -0.05) is 0 Å². The minimum atomic E-state index is -0.663. The van der Waals surface area contributed by atoms with E-state index in [1.165, 1.54) is 11.9 Å². The lowest BCUT2D eigenvalue weighted by atomic mass is 10.2. The number of rotatable bonds is 1. The molecule has 1 heterocycles. The van der Waals surface area contributed by atoms with Gasteiger partial charge in [0.2, 0.25) is 5.91 Å². The molecule has 2 unspecified atom stereocenters. The van der Waals surface area contributed by atoms with Gasteiger partial charge in [0.25, 0.3) is 0 Å². The van der Waals surface area contributed by atoms with Gasteiger partial charge in [-0.3, -0.25) is 9.80 Å². The summed E-state index contributed by atoms with van der Waals surface area (Å²) in [6, 6.07) is -0.493. The fraction of sp³-hybridized carbons (Fsp3) is 0.833. The molecule has 1 rings (SSSR count). The predicted molar refractivity (Wildman–Crippen MR) is 37.4 cm³/mol. The summed E-state index contributed by atoms with van der Waals surface area (Å²) < 4.78 is 0. The lowest BCUT2D eigenvalue weighted by Gasteiger charge is -2.21. The van der Waals surface area contributed by atoms with Crippen LogP contribution >= 0.6 is 0 Å². The van der Waals surface area contributed by atoms with Crippen molar-refractivity contribution in [3.05, 3.63) is 0 Å². The first kappa shape index (κ1) is 8.45. The Kier molecular flexibility index (Phi) is 2.43. The average molecular weight is 160 g/mol. The minimum Gasteiger partial charge on any atom is -0.394 e. The maximum atomic E-state index is 10.8. The van der Waals surface area contributed by atoms with Crippen LogP contribution < -0.4 is 5.43 Å². The molecule has 0 aromatic rings. The summed E-state index contributed by atoms with van der Waals surface area (Å²) in [7, 11) is 0. The molecule has 0 saturated carbocycles. The number of amides is 1. The second-order valence-corrected chi connectivity index (χ2v) is 2.57. The van der Waals surface area contributed by atoms with Crippen molar-refractivity contribution in [3.63, 3.8) is 0 Å². The van der Waals surface area contributed by atoms with Gasteiger partial charge in [0.1, 0.15) is 0 Å². The molecule has 1 aliphatic rings. The molecule has 5 nitrogen and oxygen atoms in total. The molecule has 0 aromatic carbocycles. The molecule has 0 radical (unpaired) electrons. The molecule has 2 atom stereocenters. The summed E-state index contributed by atoms with van der Waals surface area (Å²) in [6.45, 7) is 1.49. The maximum absolute atomic E-state index is 10.8. The van der Waals surface area contributed by atoms with Gasteiger partial charge < -0.3 is 10.2 Å². The monoisotopic (exact) mass is 160 g/mol. The number of aliphatic hydroxyl groups is 2. The van der Waals surface area contributed by atoms with Crippen LogP contribution in [0.5, 0.6) is 0 Å². The highest BCUT2D eigenvalue weighted by atomic mass is 16.3. The van der Waals surface area contributed by atoms with E-state index in [1.807, 2.05) is 0 Å². The van der Waals surface area contributed by atoms with Crippen LogP contribution in [0.25, 0.3) is 0 Å². The van der Waals surface area contributed by atoms with Gasteiger partial charge in [-0.05, 0) is 0 Å². The quantitative estimate of drug-likeness (QED) is 0.418. The first-order chi connectivity index (χ1) is 5.16. The number of β-amino-alcohol motifs (C(OH)–C–C–N with tert-alkyl or cyclic N) is 1. The molecule has 1 saturated heterocycles. The van der Waals surface area contributed by atoms with Crippen LogP contribution in [0.3, 0.4) is 0 Å². The molecule has 0 aromatic heterocycles. The topological polar surface area (TPSA) is 72.8 Å². The Balaban J connectivity index is 2.61. The van der Waals surface area contributed by atoms with E-state index in [0.717, 1.165) is 0 Å². The Bertz CT molecular complexity index is 162. The van der Waals surface area contributed by atoms with Gasteiger partial charge in [-0.25, -0.2) is 5.43 Å². The second-order valence-electron chi connectivity index (χ2n) is 2.57. The summed E-state index contributed by atoms with van der Waals surface area (Å²) in [5.74, 6) is -0.194. The van der Waals surface area contributed by atoms with Crippen LogP contribution in [0, 0.1) is 0 Å². The zero-order valence-corrected chi connectivity index (χ0v) is 6.32. The van der Waals surface area contributed by atoms with Gasteiger partial charge in [0, 0.05) is 13.5 Å². The normalized spacial score (nSPS) is 31.0. The van der Waals surface area contributed by atoms with Crippen molar-refractivity contribution in [3.8, 4) is 0 Å². The van der Waals surface area contributed by atoms with E-state index in [4.69, 9.17) is 5.11 Å². The molecule has 3 N–H and O–H groups in total. The number of carbonyl (C=O) groups excluding carboxylic acids is 1. The summed E-state index contributed by atoms with van der Waals surface area (Å²) in [5, 5.41) is 19.2. The minimum absolute atomic E-state index is 0.194. The van der Waals surface area contributed by atoms with Crippen LogP contribution in [0.15, 0.2) is 0 Å². The molecule has 0 aliphatic carbocycles. The van der Waals surface area contributed by atoms with E-state index in [-0.39, 0.29) is 12.5 Å².